The molecule has 1 aromatic carbocycles. The van der Waals surface area contributed by atoms with Crippen LogP contribution in [-0.2, 0) is 6.54 Å². The number of nitrogens with one attached hydrogen (secondary N) is 1. The Hall–Kier alpha value is -2.08. The largest absolute Gasteiger partial charge is 0.396 e. The van der Waals surface area contributed by atoms with Crippen molar-refractivity contribution in [2.24, 2.45) is 0 Å². The molecule has 0 unspecified atom stereocenters. The minimum Gasteiger partial charge on any atom is -0.396 e. The molecule has 0 radical (unpaired) electrons. The van der Waals surface area contributed by atoms with Crippen LogP contribution in [0.4, 0.5) is 15.8 Å². The fourth-order valence-electron chi connectivity index (χ4n) is 1.66. The van der Waals surface area contributed by atoms with Gasteiger partial charge in [-0.15, -0.1) is 0 Å². The van der Waals surface area contributed by atoms with Crippen molar-refractivity contribution < 1.29 is 9.18 Å². The minimum absolute atomic E-state index is 0.120. The zero-order valence-corrected chi connectivity index (χ0v) is 10.9. The van der Waals surface area contributed by atoms with Gasteiger partial charge in [-0.1, -0.05) is 11.6 Å². The summed E-state index contributed by atoms with van der Waals surface area (Å²) in [4.78, 5) is 12.1. The van der Waals surface area contributed by atoms with Gasteiger partial charge in [0.15, 0.2) is 0 Å². The molecule has 0 saturated heterocycles. The first kappa shape index (κ1) is 13.4. The maximum Gasteiger partial charge on any atom is 0.276 e. The average molecular weight is 283 g/mol. The lowest BCUT2D eigenvalue weighted by Crippen LogP contribution is -2.19. The highest BCUT2D eigenvalue weighted by atomic mass is 35.5. The monoisotopic (exact) mass is 282 g/mol. The van der Waals surface area contributed by atoms with Gasteiger partial charge in [0.05, 0.1) is 22.6 Å². The number of nitrogens with zero attached hydrogens (tertiary/aromatic N) is 2. The van der Waals surface area contributed by atoms with Crippen molar-refractivity contribution >= 4 is 28.9 Å². The fraction of sp³-hybridized carbons (Fsp3) is 0.167. The Morgan fingerprint density at radius 1 is 1.58 bits per heavy atom. The van der Waals surface area contributed by atoms with Crippen LogP contribution < -0.4 is 11.1 Å². The molecule has 3 N–H and O–H groups in total. The summed E-state index contributed by atoms with van der Waals surface area (Å²) in [6, 6.07) is 3.72. The standard InChI is InChI=1S/C12H12ClFN4O/c1-2-18-11(9(15)6-16-18)12(19)17-10-4-3-7(14)5-8(10)13/h3-6H,2,15H2,1H3,(H,17,19). The van der Waals surface area contributed by atoms with Crippen LogP contribution in [0.5, 0.6) is 0 Å². The quantitative estimate of drug-likeness (QED) is 0.908. The van der Waals surface area contributed by atoms with E-state index >= 15 is 0 Å². The molecule has 0 aliphatic heterocycles. The first-order valence-corrected chi connectivity index (χ1v) is 5.98. The molecule has 0 fully saturated rings. The van der Waals surface area contributed by atoms with E-state index in [9.17, 15) is 9.18 Å². The summed E-state index contributed by atoms with van der Waals surface area (Å²) in [5, 5.41) is 6.67. The number of rotatable bonds is 3. The lowest BCUT2D eigenvalue weighted by atomic mass is 10.3. The number of carbonyl (C=O) groups is 1. The second kappa shape index (κ2) is 5.27. The minimum atomic E-state index is -0.471. The predicted octanol–water partition coefficient (Wildman–Crippen LogP) is 2.53. The van der Waals surface area contributed by atoms with Crippen molar-refractivity contribution in [3.8, 4) is 0 Å². The van der Waals surface area contributed by atoms with Gasteiger partial charge < -0.3 is 11.1 Å². The number of nitrogen functional groups attached to an aromatic ring is 1. The van der Waals surface area contributed by atoms with Crippen molar-refractivity contribution in [2.75, 3.05) is 11.1 Å². The molecule has 1 aromatic heterocycles. The number of hydrogen-bond donors (Lipinski definition) is 2. The topological polar surface area (TPSA) is 72.9 Å². The number of carbonyl (C=O) groups excluding carboxylic acids is 1. The van der Waals surface area contributed by atoms with Gasteiger partial charge in [-0.2, -0.15) is 5.10 Å². The van der Waals surface area contributed by atoms with Crippen molar-refractivity contribution in [3.05, 3.63) is 40.9 Å². The molecular formula is C12H12ClFN4O. The molecule has 19 heavy (non-hydrogen) atoms. The Morgan fingerprint density at radius 3 is 2.95 bits per heavy atom. The molecule has 7 heteroatoms. The van der Waals surface area contributed by atoms with Gasteiger partial charge in [-0.3, -0.25) is 9.48 Å². The summed E-state index contributed by atoms with van der Waals surface area (Å²) in [5.41, 5.74) is 6.54. The second-order valence-corrected chi connectivity index (χ2v) is 4.25. The maximum absolute atomic E-state index is 12.9. The number of benzene rings is 1. The highest BCUT2D eigenvalue weighted by Gasteiger charge is 2.17. The third-order valence-corrected chi connectivity index (χ3v) is 2.87. The van der Waals surface area contributed by atoms with E-state index in [-0.39, 0.29) is 16.4 Å². The molecular weight excluding hydrogens is 271 g/mol. The highest BCUT2D eigenvalue weighted by molar-refractivity contribution is 6.34. The summed E-state index contributed by atoms with van der Waals surface area (Å²) in [5.74, 6) is -0.911. The molecule has 1 amide bonds. The summed E-state index contributed by atoms with van der Waals surface area (Å²) in [6.45, 7) is 2.35. The number of aryl methyl sites for hydroxylation is 1. The summed E-state index contributed by atoms with van der Waals surface area (Å²) < 4.78 is 14.4. The Balaban J connectivity index is 2.28. The van der Waals surface area contributed by atoms with Gasteiger partial charge in [0.1, 0.15) is 11.5 Å². The van der Waals surface area contributed by atoms with Gasteiger partial charge in [0, 0.05) is 6.54 Å². The molecule has 0 atom stereocenters. The number of halogens is 2. The van der Waals surface area contributed by atoms with Crippen LogP contribution in [0.2, 0.25) is 5.02 Å². The molecule has 0 bridgehead atoms. The van der Waals surface area contributed by atoms with E-state index in [0.29, 0.717) is 12.2 Å². The predicted molar refractivity (Wildman–Crippen MR) is 71.7 cm³/mol. The van der Waals surface area contributed by atoms with Crippen LogP contribution in [0.3, 0.4) is 0 Å². The molecule has 0 aliphatic rings. The van der Waals surface area contributed by atoms with Crippen LogP contribution >= 0.6 is 11.6 Å². The number of aromatic nitrogens is 2. The Bertz CT molecular complexity index is 626. The second-order valence-electron chi connectivity index (χ2n) is 3.84. The van der Waals surface area contributed by atoms with Crippen molar-refractivity contribution in [1.29, 1.82) is 0 Å². The van der Waals surface area contributed by atoms with Crippen molar-refractivity contribution in [2.45, 2.75) is 13.5 Å². The molecule has 2 aromatic rings. The lowest BCUT2D eigenvalue weighted by Gasteiger charge is -2.09. The SMILES string of the molecule is CCn1ncc(N)c1C(=O)Nc1ccc(F)cc1Cl. The van der Waals surface area contributed by atoms with Crippen LogP contribution in [0.25, 0.3) is 0 Å². The van der Waals surface area contributed by atoms with E-state index in [1.807, 2.05) is 6.92 Å². The van der Waals surface area contributed by atoms with Gasteiger partial charge in [-0.25, -0.2) is 4.39 Å². The number of nitrogens with two attached hydrogens (primary N) is 1. The van der Waals surface area contributed by atoms with Crippen LogP contribution in [0.1, 0.15) is 17.4 Å². The molecule has 0 saturated carbocycles. The molecule has 2 rings (SSSR count). The number of hydrogen-bond acceptors (Lipinski definition) is 3. The number of anilines is 2. The Morgan fingerprint density at radius 2 is 2.32 bits per heavy atom. The van der Waals surface area contributed by atoms with Gasteiger partial charge in [0.2, 0.25) is 0 Å². The van der Waals surface area contributed by atoms with Gasteiger partial charge in [0.25, 0.3) is 5.91 Å². The zero-order valence-electron chi connectivity index (χ0n) is 10.2. The van der Waals surface area contributed by atoms with E-state index < -0.39 is 11.7 Å². The van der Waals surface area contributed by atoms with E-state index in [1.165, 1.54) is 23.0 Å². The molecule has 0 spiro atoms. The highest BCUT2D eigenvalue weighted by Crippen LogP contribution is 2.23. The van der Waals surface area contributed by atoms with E-state index in [2.05, 4.69) is 10.4 Å². The summed E-state index contributed by atoms with van der Waals surface area (Å²) in [6.07, 6.45) is 1.41. The summed E-state index contributed by atoms with van der Waals surface area (Å²) in [7, 11) is 0. The van der Waals surface area contributed by atoms with Crippen LogP contribution in [0, 0.1) is 5.82 Å². The van der Waals surface area contributed by atoms with Gasteiger partial charge >= 0.3 is 0 Å². The molecule has 100 valence electrons. The summed E-state index contributed by atoms with van der Waals surface area (Å²) >= 11 is 5.84. The molecule has 5 nitrogen and oxygen atoms in total. The normalized spacial score (nSPS) is 10.5. The third kappa shape index (κ3) is 2.68. The maximum atomic E-state index is 12.9. The zero-order chi connectivity index (χ0) is 14.0. The molecule has 0 aliphatic carbocycles. The van der Waals surface area contributed by atoms with Crippen molar-refractivity contribution in [3.63, 3.8) is 0 Å². The first-order chi connectivity index (χ1) is 9.02. The lowest BCUT2D eigenvalue weighted by molar-refractivity contribution is 0.101. The van der Waals surface area contributed by atoms with Crippen molar-refractivity contribution in [1.82, 2.24) is 9.78 Å². The van der Waals surface area contributed by atoms with Crippen LogP contribution in [0.15, 0.2) is 24.4 Å². The van der Waals surface area contributed by atoms with E-state index in [1.54, 1.807) is 0 Å². The van der Waals surface area contributed by atoms with E-state index in [0.717, 1.165) is 6.07 Å². The molecule has 1 heterocycles. The third-order valence-electron chi connectivity index (χ3n) is 2.56. The fourth-order valence-corrected chi connectivity index (χ4v) is 1.87. The average Bonchev–Trinajstić information content (AvgIpc) is 2.74. The van der Waals surface area contributed by atoms with E-state index in [4.69, 9.17) is 17.3 Å². The van der Waals surface area contributed by atoms with Crippen LogP contribution in [-0.4, -0.2) is 15.7 Å². The first-order valence-electron chi connectivity index (χ1n) is 5.60. The Labute approximate surface area is 114 Å². The Kier molecular flexibility index (Phi) is 3.71. The number of amides is 1. The van der Waals surface area contributed by atoms with Gasteiger partial charge in [-0.05, 0) is 25.1 Å². The smallest absolute Gasteiger partial charge is 0.276 e.